The highest BCUT2D eigenvalue weighted by Gasteiger charge is 2.53. The molecule has 0 aliphatic carbocycles. The normalized spacial score (nSPS) is 20.5. The molecule has 0 unspecified atom stereocenters. The van der Waals surface area contributed by atoms with Crippen LogP contribution >= 0.6 is 23.8 Å². The van der Waals surface area contributed by atoms with E-state index < -0.39 is 66.7 Å². The molecule has 16 heteroatoms. The highest BCUT2D eigenvalue weighted by atomic mass is 35.5. The second-order valence-electron chi connectivity index (χ2n) is 10.4. The predicted molar refractivity (Wildman–Crippen MR) is 167 cm³/mol. The molecule has 0 N–H and O–H groups in total. The maximum Gasteiger partial charge on any atom is 0.303 e. The van der Waals surface area contributed by atoms with Crippen LogP contribution in [0.2, 0.25) is 5.02 Å². The van der Waals surface area contributed by atoms with E-state index in [1.165, 1.54) is 11.7 Å². The van der Waals surface area contributed by atoms with Gasteiger partial charge in [-0.25, -0.2) is 4.68 Å². The zero-order chi connectivity index (χ0) is 34.4. The van der Waals surface area contributed by atoms with Crippen LogP contribution in [0.15, 0.2) is 53.3 Å². The molecule has 0 amide bonds. The van der Waals surface area contributed by atoms with Crippen LogP contribution in [0.4, 0.5) is 0 Å². The summed E-state index contributed by atoms with van der Waals surface area (Å²) in [4.78, 5) is 62.7. The lowest BCUT2D eigenvalue weighted by Crippen LogP contribution is -2.61. The van der Waals surface area contributed by atoms with E-state index in [0.717, 1.165) is 32.4 Å². The summed E-state index contributed by atoms with van der Waals surface area (Å²) < 4.78 is 35.5. The van der Waals surface area contributed by atoms with E-state index >= 15 is 0 Å². The van der Waals surface area contributed by atoms with Gasteiger partial charge in [0.2, 0.25) is 4.77 Å². The number of halogens is 1. The van der Waals surface area contributed by atoms with Crippen molar-refractivity contribution in [2.45, 2.75) is 64.8 Å². The first-order valence-corrected chi connectivity index (χ1v) is 15.0. The van der Waals surface area contributed by atoms with E-state index in [9.17, 15) is 24.0 Å². The molecule has 0 saturated carbocycles. The first-order valence-electron chi connectivity index (χ1n) is 14.2. The molecule has 2 aromatic carbocycles. The van der Waals surface area contributed by atoms with Crippen molar-refractivity contribution < 1.29 is 47.6 Å². The molecule has 1 aromatic heterocycles. The molecule has 1 aliphatic rings. The summed E-state index contributed by atoms with van der Waals surface area (Å²) in [6, 6.07) is 13.3. The summed E-state index contributed by atoms with van der Waals surface area (Å²) in [7, 11) is 1.49. The number of carbonyl (C=O) groups excluding carboxylic acids is 4. The minimum atomic E-state index is -1.52. The highest BCUT2D eigenvalue weighted by Crippen LogP contribution is 2.35. The standard InChI is InChI=1S/C31H32ClN3O11S/c1-16(36)42-15-25-26(43-17(2)37)27(44-18(3)38)28(45-19(4)39)30(46-25)35-31(47)34(22-10-12-23(41-5)13-11-22)29(40)24(33-35)14-20-6-8-21(32)9-7-20/h6-13,25-28,30H,14-15H2,1-5H3/t25-,26-,27+,28-,30-/m1/s1. The van der Waals surface area contributed by atoms with Crippen molar-refractivity contribution >= 4 is 47.7 Å². The van der Waals surface area contributed by atoms with Gasteiger partial charge in [0, 0.05) is 39.1 Å². The first kappa shape index (κ1) is 35.3. The van der Waals surface area contributed by atoms with Crippen LogP contribution < -0.4 is 10.3 Å². The Hall–Kier alpha value is -4.60. The topological polar surface area (TPSA) is 163 Å². The summed E-state index contributed by atoms with van der Waals surface area (Å²) in [5.41, 5.74) is 0.479. The summed E-state index contributed by atoms with van der Waals surface area (Å²) in [5, 5.41) is 5.06. The Morgan fingerprint density at radius 1 is 0.851 bits per heavy atom. The molecular weight excluding hydrogens is 658 g/mol. The molecule has 1 saturated heterocycles. The number of aromatic nitrogens is 3. The van der Waals surface area contributed by atoms with Crippen LogP contribution in [0.1, 0.15) is 45.2 Å². The Kier molecular flexibility index (Phi) is 11.5. The number of carbonyl (C=O) groups is 4. The lowest BCUT2D eigenvalue weighted by molar-refractivity contribution is -0.271. The number of ether oxygens (including phenoxy) is 6. The molecule has 250 valence electrons. The monoisotopic (exact) mass is 689 g/mol. The second-order valence-corrected chi connectivity index (χ2v) is 11.2. The van der Waals surface area contributed by atoms with Gasteiger partial charge in [-0.1, -0.05) is 23.7 Å². The molecular formula is C31H32ClN3O11S. The molecule has 0 radical (unpaired) electrons. The fraction of sp³-hybridized carbons (Fsp3) is 0.387. The minimum Gasteiger partial charge on any atom is -0.497 e. The summed E-state index contributed by atoms with van der Waals surface area (Å²) in [5.74, 6) is -2.55. The van der Waals surface area contributed by atoms with Gasteiger partial charge in [-0.3, -0.25) is 28.5 Å². The third-order valence-corrected chi connectivity index (χ3v) is 7.51. The van der Waals surface area contributed by atoms with E-state index in [1.807, 2.05) is 0 Å². The van der Waals surface area contributed by atoms with Gasteiger partial charge in [0.25, 0.3) is 5.56 Å². The lowest BCUT2D eigenvalue weighted by atomic mass is 9.97. The number of methoxy groups -OCH3 is 1. The number of benzene rings is 2. The maximum atomic E-state index is 14.0. The van der Waals surface area contributed by atoms with E-state index in [0.29, 0.717) is 22.0 Å². The van der Waals surface area contributed by atoms with Crippen LogP contribution in [-0.2, 0) is 49.3 Å². The zero-order valence-corrected chi connectivity index (χ0v) is 27.6. The van der Waals surface area contributed by atoms with Crippen molar-refractivity contribution in [3.05, 3.63) is 79.9 Å². The van der Waals surface area contributed by atoms with Gasteiger partial charge < -0.3 is 28.4 Å². The minimum absolute atomic E-state index is 0.00426. The van der Waals surface area contributed by atoms with Gasteiger partial charge in [0.15, 0.2) is 24.5 Å². The average Bonchev–Trinajstić information content (AvgIpc) is 3.00. The Morgan fingerprint density at radius 3 is 1.98 bits per heavy atom. The van der Waals surface area contributed by atoms with Gasteiger partial charge in [0.1, 0.15) is 24.2 Å². The third-order valence-electron chi connectivity index (χ3n) is 6.89. The Morgan fingerprint density at radius 2 is 1.43 bits per heavy atom. The molecule has 5 atom stereocenters. The third kappa shape index (κ3) is 8.61. The predicted octanol–water partition coefficient (Wildman–Crippen LogP) is 3.27. The molecule has 47 heavy (non-hydrogen) atoms. The fourth-order valence-electron chi connectivity index (χ4n) is 4.97. The SMILES string of the molecule is COc1ccc(-n2c(=O)c(Cc3ccc(Cl)cc3)nn([C@@H]3O[C@H](COC(C)=O)[C@@H](OC(C)=O)[C@H](OC(C)=O)[C@H]3OC(C)=O)c2=S)cc1. The van der Waals surface area contributed by atoms with Crippen molar-refractivity contribution in [2.24, 2.45) is 0 Å². The van der Waals surface area contributed by atoms with Crippen molar-refractivity contribution in [2.75, 3.05) is 13.7 Å². The first-order chi connectivity index (χ1) is 22.3. The quantitative estimate of drug-likeness (QED) is 0.173. The molecule has 14 nitrogen and oxygen atoms in total. The van der Waals surface area contributed by atoms with E-state index in [1.54, 1.807) is 48.5 Å². The van der Waals surface area contributed by atoms with Crippen LogP contribution in [-0.4, -0.2) is 76.4 Å². The zero-order valence-electron chi connectivity index (χ0n) is 26.0. The summed E-state index contributed by atoms with van der Waals surface area (Å²) in [6.45, 7) is 4.05. The fourth-order valence-corrected chi connectivity index (χ4v) is 5.43. The van der Waals surface area contributed by atoms with Gasteiger partial charge in [-0.2, -0.15) is 5.10 Å². The summed E-state index contributed by atoms with van der Waals surface area (Å²) in [6.07, 6.45) is -7.13. The Balaban J connectivity index is 1.98. The van der Waals surface area contributed by atoms with Gasteiger partial charge in [-0.05, 0) is 54.2 Å². The number of esters is 4. The molecule has 4 rings (SSSR count). The van der Waals surface area contributed by atoms with Crippen molar-refractivity contribution in [3.63, 3.8) is 0 Å². The van der Waals surface area contributed by atoms with Gasteiger partial charge in [0.05, 0.1) is 12.8 Å². The number of rotatable bonds is 10. The van der Waals surface area contributed by atoms with Crippen LogP contribution in [0, 0.1) is 4.77 Å². The average molecular weight is 690 g/mol. The summed E-state index contributed by atoms with van der Waals surface area (Å²) >= 11 is 11.9. The molecule has 0 bridgehead atoms. The Bertz CT molecular complexity index is 1760. The van der Waals surface area contributed by atoms with Gasteiger partial charge >= 0.3 is 23.9 Å². The smallest absolute Gasteiger partial charge is 0.303 e. The van der Waals surface area contributed by atoms with Crippen molar-refractivity contribution in [1.82, 2.24) is 14.3 Å². The largest absolute Gasteiger partial charge is 0.497 e. The van der Waals surface area contributed by atoms with Crippen LogP contribution in [0.3, 0.4) is 0 Å². The number of hydrogen-bond donors (Lipinski definition) is 0. The van der Waals surface area contributed by atoms with E-state index in [4.69, 9.17) is 52.2 Å². The van der Waals surface area contributed by atoms with Crippen LogP contribution in [0.25, 0.3) is 5.69 Å². The maximum absolute atomic E-state index is 14.0. The van der Waals surface area contributed by atoms with Crippen molar-refractivity contribution in [1.29, 1.82) is 0 Å². The Labute approximate surface area is 279 Å². The van der Waals surface area contributed by atoms with Crippen molar-refractivity contribution in [3.8, 4) is 11.4 Å². The van der Waals surface area contributed by atoms with E-state index in [-0.39, 0.29) is 16.9 Å². The van der Waals surface area contributed by atoms with Gasteiger partial charge in [-0.15, -0.1) is 0 Å². The molecule has 1 fully saturated rings. The highest BCUT2D eigenvalue weighted by molar-refractivity contribution is 7.71. The molecule has 2 heterocycles. The van der Waals surface area contributed by atoms with Crippen LogP contribution in [0.5, 0.6) is 5.75 Å². The van der Waals surface area contributed by atoms with E-state index in [2.05, 4.69) is 5.10 Å². The molecule has 1 aliphatic heterocycles. The number of nitrogens with zero attached hydrogens (tertiary/aromatic N) is 3. The lowest BCUT2D eigenvalue weighted by Gasteiger charge is -2.44. The second kappa shape index (κ2) is 15.3. The molecule has 3 aromatic rings. The molecule has 0 spiro atoms. The number of hydrogen-bond acceptors (Lipinski definition) is 13.